The number of methoxy groups -OCH3 is 1. The highest BCUT2D eigenvalue weighted by molar-refractivity contribution is 5.95. The van der Waals surface area contributed by atoms with Gasteiger partial charge in [0, 0.05) is 18.0 Å². The average molecular weight is 217 g/mol. The summed E-state index contributed by atoms with van der Waals surface area (Å²) in [5.74, 6) is 0.858. The molecule has 2 aromatic rings. The number of aromatic nitrogens is 1. The van der Waals surface area contributed by atoms with Crippen LogP contribution < -0.4 is 4.74 Å². The SMILES string of the molecule is COc1ccc2c(c1)c(C)c(C)n2C(C)=O. The standard InChI is InChI=1S/C13H15NO2/c1-8-9(2)14(10(3)15)13-6-5-11(16-4)7-12(8)13/h5-7H,1-4H3. The zero-order valence-corrected chi connectivity index (χ0v) is 10.00. The number of carbonyl (C=O) groups excluding carboxylic acids is 1. The summed E-state index contributed by atoms with van der Waals surface area (Å²) in [5.41, 5.74) is 3.07. The molecule has 3 nitrogen and oxygen atoms in total. The van der Waals surface area contributed by atoms with Crippen molar-refractivity contribution < 1.29 is 9.53 Å². The van der Waals surface area contributed by atoms with Crippen LogP contribution in [0.5, 0.6) is 5.75 Å². The van der Waals surface area contributed by atoms with Crippen molar-refractivity contribution in [1.29, 1.82) is 0 Å². The van der Waals surface area contributed by atoms with Crippen molar-refractivity contribution in [2.24, 2.45) is 0 Å². The summed E-state index contributed by atoms with van der Waals surface area (Å²) in [6, 6.07) is 5.77. The second-order valence-corrected chi connectivity index (χ2v) is 3.95. The molecule has 0 saturated heterocycles. The van der Waals surface area contributed by atoms with Crippen molar-refractivity contribution in [1.82, 2.24) is 4.57 Å². The Morgan fingerprint density at radius 2 is 2.00 bits per heavy atom. The molecule has 0 spiro atoms. The van der Waals surface area contributed by atoms with Gasteiger partial charge >= 0.3 is 0 Å². The Balaban J connectivity index is 2.84. The molecule has 0 unspecified atom stereocenters. The van der Waals surface area contributed by atoms with Gasteiger partial charge in [0.2, 0.25) is 5.91 Å². The average Bonchev–Trinajstić information content (AvgIpc) is 2.51. The second kappa shape index (κ2) is 3.67. The van der Waals surface area contributed by atoms with Gasteiger partial charge in [0.15, 0.2) is 0 Å². The van der Waals surface area contributed by atoms with Crippen molar-refractivity contribution in [2.75, 3.05) is 7.11 Å². The van der Waals surface area contributed by atoms with Gasteiger partial charge in [-0.25, -0.2) is 0 Å². The van der Waals surface area contributed by atoms with E-state index in [9.17, 15) is 4.79 Å². The normalized spacial score (nSPS) is 10.8. The lowest BCUT2D eigenvalue weighted by Crippen LogP contribution is -2.06. The first-order chi connectivity index (χ1) is 7.56. The van der Waals surface area contributed by atoms with E-state index >= 15 is 0 Å². The fourth-order valence-corrected chi connectivity index (χ4v) is 2.09. The number of hydrogen-bond acceptors (Lipinski definition) is 2. The number of carbonyl (C=O) groups is 1. The molecule has 0 aliphatic heterocycles. The Labute approximate surface area is 94.6 Å². The highest BCUT2D eigenvalue weighted by Gasteiger charge is 2.13. The van der Waals surface area contributed by atoms with Gasteiger partial charge in [0.05, 0.1) is 12.6 Å². The molecule has 0 fully saturated rings. The molecule has 1 aromatic heterocycles. The Kier molecular flexibility index (Phi) is 2.46. The van der Waals surface area contributed by atoms with Crippen LogP contribution in [0.1, 0.15) is 23.0 Å². The molecule has 2 rings (SSSR count). The molecule has 16 heavy (non-hydrogen) atoms. The molecule has 0 bridgehead atoms. The van der Waals surface area contributed by atoms with Gasteiger partial charge in [0.1, 0.15) is 5.75 Å². The Morgan fingerprint density at radius 1 is 1.31 bits per heavy atom. The maximum atomic E-state index is 11.6. The number of ether oxygens (including phenoxy) is 1. The summed E-state index contributed by atoms with van der Waals surface area (Å²) in [6.07, 6.45) is 0. The van der Waals surface area contributed by atoms with Crippen LogP contribution in [-0.4, -0.2) is 17.6 Å². The third kappa shape index (κ3) is 1.40. The minimum Gasteiger partial charge on any atom is -0.497 e. The number of hydrogen-bond donors (Lipinski definition) is 0. The molecule has 1 heterocycles. The van der Waals surface area contributed by atoms with E-state index in [0.717, 1.165) is 27.9 Å². The minimum atomic E-state index is 0.0424. The second-order valence-electron chi connectivity index (χ2n) is 3.95. The fourth-order valence-electron chi connectivity index (χ4n) is 2.09. The van der Waals surface area contributed by atoms with E-state index in [2.05, 4.69) is 0 Å². The molecule has 3 heteroatoms. The van der Waals surface area contributed by atoms with Gasteiger partial charge in [-0.1, -0.05) is 0 Å². The first kappa shape index (κ1) is 10.7. The number of nitrogens with zero attached hydrogens (tertiary/aromatic N) is 1. The predicted molar refractivity (Wildman–Crippen MR) is 64.3 cm³/mol. The molecular formula is C13H15NO2. The Hall–Kier alpha value is -1.77. The van der Waals surface area contributed by atoms with E-state index in [4.69, 9.17) is 4.74 Å². The first-order valence-electron chi connectivity index (χ1n) is 5.23. The molecule has 84 valence electrons. The summed E-state index contributed by atoms with van der Waals surface area (Å²) < 4.78 is 6.93. The quantitative estimate of drug-likeness (QED) is 0.735. The van der Waals surface area contributed by atoms with Crippen molar-refractivity contribution in [3.63, 3.8) is 0 Å². The van der Waals surface area contributed by atoms with Crippen molar-refractivity contribution in [3.05, 3.63) is 29.5 Å². The minimum absolute atomic E-state index is 0.0424. The largest absolute Gasteiger partial charge is 0.497 e. The zero-order chi connectivity index (χ0) is 11.9. The van der Waals surface area contributed by atoms with Gasteiger partial charge in [0.25, 0.3) is 0 Å². The topological polar surface area (TPSA) is 31.2 Å². The smallest absolute Gasteiger partial charge is 0.228 e. The van der Waals surface area contributed by atoms with Gasteiger partial charge in [-0.2, -0.15) is 0 Å². The van der Waals surface area contributed by atoms with Crippen LogP contribution in [0.15, 0.2) is 18.2 Å². The molecule has 0 N–H and O–H groups in total. The maximum Gasteiger partial charge on any atom is 0.228 e. The van der Waals surface area contributed by atoms with Crippen molar-refractivity contribution in [3.8, 4) is 5.75 Å². The molecule has 1 aromatic carbocycles. The van der Waals surface area contributed by atoms with Crippen LogP contribution in [-0.2, 0) is 0 Å². The number of aryl methyl sites for hydroxylation is 1. The van der Waals surface area contributed by atoms with Crippen LogP contribution in [0.2, 0.25) is 0 Å². The molecular weight excluding hydrogens is 202 g/mol. The third-order valence-corrected chi connectivity index (χ3v) is 3.04. The summed E-state index contributed by atoms with van der Waals surface area (Å²) in [5, 5.41) is 1.08. The highest BCUT2D eigenvalue weighted by atomic mass is 16.5. The molecule has 0 atom stereocenters. The number of benzene rings is 1. The monoisotopic (exact) mass is 217 g/mol. The van der Waals surface area contributed by atoms with Crippen LogP contribution >= 0.6 is 0 Å². The van der Waals surface area contributed by atoms with Crippen LogP contribution in [0.4, 0.5) is 0 Å². The number of fused-ring (bicyclic) bond motifs is 1. The molecule has 0 radical (unpaired) electrons. The number of rotatable bonds is 1. The maximum absolute atomic E-state index is 11.6. The lowest BCUT2D eigenvalue weighted by molar-refractivity contribution is 0.0939. The van der Waals surface area contributed by atoms with Crippen molar-refractivity contribution >= 4 is 16.8 Å². The Bertz CT molecular complexity index is 567. The van der Waals surface area contributed by atoms with Crippen LogP contribution in [0, 0.1) is 13.8 Å². The summed E-state index contributed by atoms with van der Waals surface area (Å²) in [4.78, 5) is 11.6. The summed E-state index contributed by atoms with van der Waals surface area (Å²) in [6.45, 7) is 5.57. The van der Waals surface area contributed by atoms with E-state index in [1.165, 1.54) is 0 Å². The van der Waals surface area contributed by atoms with E-state index in [1.54, 1.807) is 18.6 Å². The molecule has 0 saturated carbocycles. The Morgan fingerprint density at radius 3 is 2.56 bits per heavy atom. The van der Waals surface area contributed by atoms with Crippen LogP contribution in [0.25, 0.3) is 10.9 Å². The third-order valence-electron chi connectivity index (χ3n) is 3.04. The van der Waals surface area contributed by atoms with Gasteiger partial charge in [-0.15, -0.1) is 0 Å². The molecule has 0 amide bonds. The molecule has 0 aliphatic carbocycles. The van der Waals surface area contributed by atoms with Gasteiger partial charge in [-0.05, 0) is 37.6 Å². The van der Waals surface area contributed by atoms with Gasteiger partial charge in [-0.3, -0.25) is 9.36 Å². The fraction of sp³-hybridized carbons (Fsp3) is 0.308. The predicted octanol–water partition coefficient (Wildman–Crippen LogP) is 2.93. The summed E-state index contributed by atoms with van der Waals surface area (Å²) in [7, 11) is 1.64. The first-order valence-corrected chi connectivity index (χ1v) is 5.23. The lowest BCUT2D eigenvalue weighted by atomic mass is 10.1. The van der Waals surface area contributed by atoms with Crippen molar-refractivity contribution in [2.45, 2.75) is 20.8 Å². The lowest BCUT2D eigenvalue weighted by Gasteiger charge is -2.03. The van der Waals surface area contributed by atoms with E-state index in [1.807, 2.05) is 32.0 Å². The zero-order valence-electron chi connectivity index (χ0n) is 10.00. The van der Waals surface area contributed by atoms with E-state index < -0.39 is 0 Å². The van der Waals surface area contributed by atoms with E-state index in [0.29, 0.717) is 0 Å². The van der Waals surface area contributed by atoms with Gasteiger partial charge < -0.3 is 4.74 Å². The van der Waals surface area contributed by atoms with E-state index in [-0.39, 0.29) is 5.91 Å². The highest BCUT2D eigenvalue weighted by Crippen LogP contribution is 2.28. The van der Waals surface area contributed by atoms with Crippen LogP contribution in [0.3, 0.4) is 0 Å². The molecule has 0 aliphatic rings. The summed E-state index contributed by atoms with van der Waals surface area (Å²) >= 11 is 0.